The molecule has 2 aromatic rings. The first kappa shape index (κ1) is 18.3. The van der Waals surface area contributed by atoms with Crippen LogP contribution in [0.25, 0.3) is 0 Å². The van der Waals surface area contributed by atoms with E-state index in [9.17, 15) is 19.2 Å². The van der Waals surface area contributed by atoms with E-state index < -0.39 is 24.3 Å². The Bertz CT molecular complexity index is 1140. The molecule has 0 aromatic carbocycles. The summed E-state index contributed by atoms with van der Waals surface area (Å²) in [6.45, 7) is -0.570. The van der Waals surface area contributed by atoms with Crippen molar-refractivity contribution in [3.63, 3.8) is 0 Å². The highest BCUT2D eigenvalue weighted by Gasteiger charge is 2.69. The smallest absolute Gasteiger partial charge is 0.323 e. The third kappa shape index (κ3) is 2.31. The molecule has 4 heterocycles. The van der Waals surface area contributed by atoms with Gasteiger partial charge in [-0.1, -0.05) is 17.4 Å². The van der Waals surface area contributed by atoms with Crippen LogP contribution in [0.5, 0.6) is 0 Å². The first-order valence-corrected chi connectivity index (χ1v) is 11.5. The fourth-order valence-electron chi connectivity index (χ4n) is 6.30. The topological polar surface area (TPSA) is 120 Å². The summed E-state index contributed by atoms with van der Waals surface area (Å²) < 4.78 is 0. The van der Waals surface area contributed by atoms with Gasteiger partial charge in [-0.05, 0) is 35.8 Å². The van der Waals surface area contributed by atoms with E-state index in [1.54, 1.807) is 18.0 Å². The number of nitrogens with one attached hydrogen (secondary N) is 1. The lowest BCUT2D eigenvalue weighted by molar-refractivity contribution is -0.149. The summed E-state index contributed by atoms with van der Waals surface area (Å²) >= 11 is 2.82. The highest BCUT2D eigenvalue weighted by Crippen LogP contribution is 2.68. The number of amides is 2. The Morgan fingerprint density at radius 2 is 2.00 bits per heavy atom. The van der Waals surface area contributed by atoms with Crippen molar-refractivity contribution in [1.29, 1.82) is 0 Å². The van der Waals surface area contributed by atoms with Gasteiger partial charge in [-0.3, -0.25) is 29.1 Å². The highest BCUT2D eigenvalue weighted by atomic mass is 32.2. The Morgan fingerprint density at radius 1 is 1.23 bits per heavy atom. The number of thioether (sulfide) groups is 1. The van der Waals surface area contributed by atoms with Gasteiger partial charge in [0, 0.05) is 28.4 Å². The summed E-state index contributed by atoms with van der Waals surface area (Å²) in [5.41, 5.74) is 1.01. The standard InChI is InChI=1S/C20H17N3O5S2/c24-10(25)6-23-18(26)13-8-4-9(14(13)19(23)27)15-12(8)11(7-2-1-3-21-5-7)16-17(29-15)22-20(28)30-16/h1-3,5,8-9,11-15H,4,6H2,(H,22,28)(H,24,25)/t8-,9-,11-,12+,13+,14+,15-/m1/s1. The van der Waals surface area contributed by atoms with Crippen LogP contribution < -0.4 is 4.87 Å². The molecule has 2 saturated carbocycles. The number of aromatic amines is 1. The largest absolute Gasteiger partial charge is 0.480 e. The van der Waals surface area contributed by atoms with Crippen molar-refractivity contribution >= 4 is 40.9 Å². The van der Waals surface area contributed by atoms with E-state index in [-0.39, 0.29) is 45.6 Å². The molecule has 10 heteroatoms. The number of aliphatic carboxylic acids is 1. The van der Waals surface area contributed by atoms with Gasteiger partial charge in [0.15, 0.2) is 0 Å². The van der Waals surface area contributed by atoms with Crippen molar-refractivity contribution in [1.82, 2.24) is 14.9 Å². The fraction of sp³-hybridized carbons (Fsp3) is 0.450. The molecule has 6 rings (SSSR count). The molecule has 2 aliphatic heterocycles. The van der Waals surface area contributed by atoms with Gasteiger partial charge in [0.05, 0.1) is 16.9 Å². The number of thiazole rings is 1. The van der Waals surface area contributed by atoms with Gasteiger partial charge in [-0.15, -0.1) is 11.8 Å². The fourth-order valence-corrected chi connectivity index (χ4v) is 9.19. The molecule has 2 N–H and O–H groups in total. The molecular weight excluding hydrogens is 426 g/mol. The van der Waals surface area contributed by atoms with Gasteiger partial charge >= 0.3 is 10.8 Å². The molecule has 2 bridgehead atoms. The summed E-state index contributed by atoms with van der Waals surface area (Å²) in [6, 6.07) is 3.87. The summed E-state index contributed by atoms with van der Waals surface area (Å²) in [4.78, 5) is 58.4. The Kier molecular flexibility index (Phi) is 3.83. The molecule has 2 aromatic heterocycles. The van der Waals surface area contributed by atoms with Crippen molar-refractivity contribution in [2.24, 2.45) is 29.6 Å². The minimum absolute atomic E-state index is 0.000897. The molecule has 154 valence electrons. The van der Waals surface area contributed by atoms with E-state index in [0.29, 0.717) is 0 Å². The number of nitrogens with zero attached hydrogens (tertiary/aromatic N) is 2. The number of likely N-dealkylation sites (tertiary alicyclic amines) is 1. The molecule has 2 amide bonds. The number of H-pyrrole nitrogens is 1. The minimum atomic E-state index is -1.18. The number of fused-ring (bicyclic) bond motifs is 9. The molecule has 30 heavy (non-hydrogen) atoms. The van der Waals surface area contributed by atoms with Crippen LogP contribution in [0.2, 0.25) is 0 Å². The minimum Gasteiger partial charge on any atom is -0.480 e. The van der Waals surface area contributed by atoms with Crippen LogP contribution in [0, 0.1) is 29.6 Å². The van der Waals surface area contributed by atoms with E-state index in [2.05, 4.69) is 9.97 Å². The predicted octanol–water partition coefficient (Wildman–Crippen LogP) is 1.39. The number of carbonyl (C=O) groups excluding carboxylic acids is 2. The number of carboxylic acids is 1. The molecule has 7 atom stereocenters. The Balaban J connectivity index is 1.45. The number of pyridine rings is 1. The van der Waals surface area contributed by atoms with Crippen LogP contribution in [0.15, 0.2) is 34.3 Å². The van der Waals surface area contributed by atoms with Crippen LogP contribution in [0.1, 0.15) is 22.8 Å². The third-order valence-corrected chi connectivity index (χ3v) is 9.74. The lowest BCUT2D eigenvalue weighted by Crippen LogP contribution is -2.42. The highest BCUT2D eigenvalue weighted by molar-refractivity contribution is 8.00. The van der Waals surface area contributed by atoms with Crippen molar-refractivity contribution in [3.8, 4) is 0 Å². The average molecular weight is 444 g/mol. The summed E-state index contributed by atoms with van der Waals surface area (Å²) in [5.74, 6) is -2.74. The number of hydrogen-bond donors (Lipinski definition) is 2. The number of imide groups is 1. The molecule has 4 aliphatic rings. The molecule has 8 nitrogen and oxygen atoms in total. The maximum atomic E-state index is 13.1. The van der Waals surface area contributed by atoms with Gasteiger partial charge in [-0.25, -0.2) is 0 Å². The second-order valence-electron chi connectivity index (χ2n) is 8.40. The molecule has 2 aliphatic carbocycles. The Morgan fingerprint density at radius 3 is 2.70 bits per heavy atom. The molecule has 0 radical (unpaired) electrons. The maximum absolute atomic E-state index is 13.1. The van der Waals surface area contributed by atoms with E-state index in [0.717, 1.165) is 26.8 Å². The average Bonchev–Trinajstić information content (AvgIpc) is 3.44. The van der Waals surface area contributed by atoms with Gasteiger partial charge in [0.2, 0.25) is 11.8 Å². The Hall–Kier alpha value is -2.46. The van der Waals surface area contributed by atoms with Gasteiger partial charge < -0.3 is 10.1 Å². The SMILES string of the molecule is O=C(O)CN1C(=O)[C@H]2[C@H]3C[C@@H]([C@@H]2C1=O)[C@H]1[C@@H](c2cccnc2)c2sc(=O)[nH]c2S[C@H]31. The van der Waals surface area contributed by atoms with Crippen LogP contribution in [0.3, 0.4) is 0 Å². The van der Waals surface area contributed by atoms with Crippen LogP contribution in [-0.4, -0.2) is 49.6 Å². The van der Waals surface area contributed by atoms with Crippen molar-refractivity contribution in [2.45, 2.75) is 22.6 Å². The zero-order valence-electron chi connectivity index (χ0n) is 15.6. The number of carboxylic acid groups (broad SMARTS) is 1. The molecule has 1 saturated heterocycles. The zero-order valence-corrected chi connectivity index (χ0v) is 17.2. The second kappa shape index (κ2) is 6.27. The zero-order chi connectivity index (χ0) is 20.7. The van der Waals surface area contributed by atoms with Crippen LogP contribution in [0.4, 0.5) is 0 Å². The van der Waals surface area contributed by atoms with E-state index >= 15 is 0 Å². The Labute approximate surface area is 178 Å². The number of aromatic nitrogens is 2. The monoisotopic (exact) mass is 443 g/mol. The molecule has 3 fully saturated rings. The normalized spacial score (nSPS) is 36.0. The molecule has 0 spiro atoms. The van der Waals surface area contributed by atoms with E-state index in [1.807, 2.05) is 18.3 Å². The predicted molar refractivity (Wildman–Crippen MR) is 107 cm³/mol. The van der Waals surface area contributed by atoms with E-state index in [1.165, 1.54) is 11.3 Å². The summed E-state index contributed by atoms with van der Waals surface area (Å²) in [5, 5.41) is 10.1. The van der Waals surface area contributed by atoms with Gasteiger partial charge in [0.1, 0.15) is 6.54 Å². The number of rotatable bonds is 3. The van der Waals surface area contributed by atoms with Gasteiger partial charge in [0.25, 0.3) is 0 Å². The second-order valence-corrected chi connectivity index (χ2v) is 10.6. The first-order valence-electron chi connectivity index (χ1n) is 9.82. The summed E-state index contributed by atoms with van der Waals surface area (Å²) in [7, 11) is 0. The number of carbonyl (C=O) groups is 3. The van der Waals surface area contributed by atoms with Crippen LogP contribution in [-0.2, 0) is 14.4 Å². The third-order valence-electron chi connectivity index (χ3n) is 7.15. The number of hydrogen-bond acceptors (Lipinski definition) is 7. The summed E-state index contributed by atoms with van der Waals surface area (Å²) in [6.07, 6.45) is 4.30. The van der Waals surface area contributed by atoms with E-state index in [4.69, 9.17) is 5.11 Å². The van der Waals surface area contributed by atoms with Crippen LogP contribution >= 0.6 is 23.1 Å². The van der Waals surface area contributed by atoms with Crippen molar-refractivity contribution in [3.05, 3.63) is 44.6 Å². The van der Waals surface area contributed by atoms with Gasteiger partial charge in [-0.2, -0.15) is 0 Å². The van der Waals surface area contributed by atoms with Crippen molar-refractivity contribution < 1.29 is 19.5 Å². The van der Waals surface area contributed by atoms with Crippen molar-refractivity contribution in [2.75, 3.05) is 6.54 Å². The lowest BCUT2D eigenvalue weighted by Gasteiger charge is -2.42. The lowest BCUT2D eigenvalue weighted by atomic mass is 9.68. The first-order chi connectivity index (χ1) is 14.5. The quantitative estimate of drug-likeness (QED) is 0.688. The molecular formula is C20H17N3O5S2. The maximum Gasteiger partial charge on any atom is 0.323 e. The molecule has 0 unspecified atom stereocenters.